The predicted molar refractivity (Wildman–Crippen MR) is 81.3 cm³/mol. The molecule has 1 aromatic heterocycles. The fourth-order valence-corrected chi connectivity index (χ4v) is 1.59. The molecule has 1 aromatic carbocycles. The molecule has 0 unspecified atom stereocenters. The van der Waals surface area contributed by atoms with Crippen molar-refractivity contribution in [3.63, 3.8) is 0 Å². The van der Waals surface area contributed by atoms with Gasteiger partial charge in [0.25, 0.3) is 5.91 Å². The zero-order valence-corrected chi connectivity index (χ0v) is 11.8. The number of allylic oxidation sites excluding steroid dienone is 1. The van der Waals surface area contributed by atoms with E-state index in [1.54, 1.807) is 48.7 Å². The van der Waals surface area contributed by atoms with Gasteiger partial charge in [-0.3, -0.25) is 4.79 Å². The largest absolute Gasteiger partial charge is 0.484 e. The highest BCUT2D eigenvalue weighted by molar-refractivity contribution is 6.30. The van der Waals surface area contributed by atoms with Gasteiger partial charge in [0, 0.05) is 11.2 Å². The number of benzene rings is 1. The Bertz CT molecular complexity index is 636. The lowest BCUT2D eigenvalue weighted by Crippen LogP contribution is -2.24. The number of hydrogen-bond donors (Lipinski definition) is 1. The van der Waals surface area contributed by atoms with Gasteiger partial charge in [0.05, 0.1) is 6.26 Å². The molecule has 108 valence electrons. The average Bonchev–Trinajstić information content (AvgIpc) is 2.98. The Morgan fingerprint density at radius 3 is 3.05 bits per heavy atom. The molecule has 0 fully saturated rings. The van der Waals surface area contributed by atoms with E-state index >= 15 is 0 Å². The van der Waals surface area contributed by atoms with Crippen molar-refractivity contribution in [1.29, 1.82) is 0 Å². The molecule has 0 aliphatic rings. The minimum Gasteiger partial charge on any atom is -0.484 e. The van der Waals surface area contributed by atoms with Gasteiger partial charge in [-0.1, -0.05) is 17.7 Å². The van der Waals surface area contributed by atoms with E-state index in [1.807, 2.05) is 6.07 Å². The van der Waals surface area contributed by atoms with Gasteiger partial charge in [0.15, 0.2) is 6.61 Å². The second kappa shape index (κ2) is 7.91. The first-order valence-corrected chi connectivity index (χ1v) is 6.52. The number of rotatable bonds is 6. The van der Waals surface area contributed by atoms with Crippen LogP contribution in [-0.2, 0) is 4.79 Å². The zero-order valence-electron chi connectivity index (χ0n) is 11.0. The number of amides is 1. The van der Waals surface area contributed by atoms with Crippen molar-refractivity contribution in [1.82, 2.24) is 5.43 Å². The number of hydrogen-bond acceptors (Lipinski definition) is 4. The Balaban J connectivity index is 1.70. The fourth-order valence-electron chi connectivity index (χ4n) is 1.41. The second-order valence-electron chi connectivity index (χ2n) is 3.93. The van der Waals surface area contributed by atoms with E-state index in [1.165, 1.54) is 6.21 Å². The summed E-state index contributed by atoms with van der Waals surface area (Å²) in [4.78, 5) is 11.5. The van der Waals surface area contributed by atoms with Crippen LogP contribution in [0.15, 0.2) is 58.3 Å². The van der Waals surface area contributed by atoms with Crippen molar-refractivity contribution in [3.8, 4) is 5.75 Å². The molecule has 0 aliphatic carbocycles. The number of furan rings is 1. The maximum Gasteiger partial charge on any atom is 0.277 e. The third-order valence-electron chi connectivity index (χ3n) is 2.32. The molecule has 21 heavy (non-hydrogen) atoms. The normalized spacial score (nSPS) is 11.1. The molecule has 5 nitrogen and oxygen atoms in total. The van der Waals surface area contributed by atoms with Crippen molar-refractivity contribution < 1.29 is 13.9 Å². The highest BCUT2D eigenvalue weighted by Crippen LogP contribution is 2.16. The molecule has 0 bridgehead atoms. The first kappa shape index (κ1) is 14.9. The molecule has 2 rings (SSSR count). The first-order chi connectivity index (χ1) is 10.2. The number of nitrogens with one attached hydrogen (secondary N) is 1. The minimum atomic E-state index is -0.363. The van der Waals surface area contributed by atoms with Crippen LogP contribution >= 0.6 is 11.6 Å². The topological polar surface area (TPSA) is 63.8 Å². The van der Waals surface area contributed by atoms with Crippen molar-refractivity contribution in [2.45, 2.75) is 0 Å². The van der Waals surface area contributed by atoms with Crippen LogP contribution in [0.4, 0.5) is 0 Å². The number of nitrogens with zero attached hydrogens (tertiary/aromatic N) is 1. The molecule has 2 aromatic rings. The van der Waals surface area contributed by atoms with Crippen molar-refractivity contribution >= 4 is 29.8 Å². The highest BCUT2D eigenvalue weighted by Gasteiger charge is 2.01. The summed E-state index contributed by atoms with van der Waals surface area (Å²) in [5.41, 5.74) is 2.34. The molecule has 0 radical (unpaired) electrons. The summed E-state index contributed by atoms with van der Waals surface area (Å²) in [5, 5.41) is 4.29. The van der Waals surface area contributed by atoms with Crippen LogP contribution in [0.3, 0.4) is 0 Å². The van der Waals surface area contributed by atoms with Crippen LogP contribution in [0, 0.1) is 0 Å². The number of carbonyl (C=O) groups is 1. The van der Waals surface area contributed by atoms with Crippen LogP contribution in [0.5, 0.6) is 5.75 Å². The van der Waals surface area contributed by atoms with Crippen LogP contribution in [-0.4, -0.2) is 18.7 Å². The summed E-state index contributed by atoms with van der Waals surface area (Å²) in [6.07, 6.45) is 6.39. The molecule has 1 N–H and O–H groups in total. The highest BCUT2D eigenvalue weighted by atomic mass is 35.5. The van der Waals surface area contributed by atoms with E-state index in [0.29, 0.717) is 16.5 Å². The van der Waals surface area contributed by atoms with Crippen LogP contribution in [0.1, 0.15) is 5.76 Å². The van der Waals surface area contributed by atoms with Gasteiger partial charge in [-0.25, -0.2) is 5.43 Å². The molecule has 0 spiro atoms. The Hall–Kier alpha value is -2.53. The summed E-state index contributed by atoms with van der Waals surface area (Å²) in [6, 6.07) is 10.4. The quantitative estimate of drug-likeness (QED) is 0.658. The van der Waals surface area contributed by atoms with E-state index in [-0.39, 0.29) is 12.5 Å². The molecule has 0 saturated heterocycles. The van der Waals surface area contributed by atoms with E-state index in [9.17, 15) is 4.79 Å². The Morgan fingerprint density at radius 2 is 2.29 bits per heavy atom. The summed E-state index contributed by atoms with van der Waals surface area (Å²) < 4.78 is 10.4. The monoisotopic (exact) mass is 304 g/mol. The second-order valence-corrected chi connectivity index (χ2v) is 4.37. The van der Waals surface area contributed by atoms with Gasteiger partial charge in [0.2, 0.25) is 0 Å². The lowest BCUT2D eigenvalue weighted by Gasteiger charge is -2.04. The molecule has 1 heterocycles. The molecular weight excluding hydrogens is 292 g/mol. The molecule has 0 aliphatic heterocycles. The van der Waals surface area contributed by atoms with Gasteiger partial charge >= 0.3 is 0 Å². The summed E-state index contributed by atoms with van der Waals surface area (Å²) in [7, 11) is 0. The smallest absolute Gasteiger partial charge is 0.277 e. The van der Waals surface area contributed by atoms with Gasteiger partial charge < -0.3 is 9.15 Å². The maximum atomic E-state index is 11.5. The number of halogens is 1. The predicted octanol–water partition coefficient (Wildman–Crippen LogP) is 3.13. The third kappa shape index (κ3) is 5.54. The Labute approximate surface area is 126 Å². The third-order valence-corrected chi connectivity index (χ3v) is 2.55. The van der Waals surface area contributed by atoms with Gasteiger partial charge in [0.1, 0.15) is 11.5 Å². The van der Waals surface area contributed by atoms with Gasteiger partial charge in [-0.15, -0.1) is 0 Å². The lowest BCUT2D eigenvalue weighted by molar-refractivity contribution is -0.123. The van der Waals surface area contributed by atoms with Crippen LogP contribution in [0.25, 0.3) is 6.08 Å². The standard InChI is InChI=1S/C15H13ClN2O3/c16-12-4-1-5-14(10-12)21-11-15(19)18-17-8-2-6-13-7-3-9-20-13/h1-10H,11H2,(H,18,19)/b6-2+,17-8-. The molecular formula is C15H13ClN2O3. The van der Waals surface area contributed by atoms with Crippen molar-refractivity contribution in [2.24, 2.45) is 5.10 Å². The maximum absolute atomic E-state index is 11.5. The molecule has 1 amide bonds. The average molecular weight is 305 g/mol. The van der Waals surface area contributed by atoms with Gasteiger partial charge in [-0.05, 0) is 42.5 Å². The zero-order chi connectivity index (χ0) is 14.9. The van der Waals surface area contributed by atoms with E-state index < -0.39 is 0 Å². The van der Waals surface area contributed by atoms with Crippen LogP contribution < -0.4 is 10.2 Å². The summed E-state index contributed by atoms with van der Waals surface area (Å²) >= 11 is 5.80. The minimum absolute atomic E-state index is 0.139. The lowest BCUT2D eigenvalue weighted by atomic mass is 10.3. The molecule has 0 saturated carbocycles. The number of ether oxygens (including phenoxy) is 1. The number of hydrazone groups is 1. The first-order valence-electron chi connectivity index (χ1n) is 6.14. The molecule has 6 heteroatoms. The summed E-state index contributed by atoms with van der Waals surface area (Å²) in [5.74, 6) is 0.869. The SMILES string of the molecule is O=C(COc1cccc(Cl)c1)N/N=C\C=C\c1ccco1. The Morgan fingerprint density at radius 1 is 1.38 bits per heavy atom. The van der Waals surface area contributed by atoms with Crippen molar-refractivity contribution in [2.75, 3.05) is 6.61 Å². The number of carbonyl (C=O) groups excluding carboxylic acids is 1. The van der Waals surface area contributed by atoms with Crippen molar-refractivity contribution in [3.05, 3.63) is 59.5 Å². The van der Waals surface area contributed by atoms with Gasteiger partial charge in [-0.2, -0.15) is 5.10 Å². The van der Waals surface area contributed by atoms with Crippen LogP contribution in [0.2, 0.25) is 5.02 Å². The molecule has 0 atom stereocenters. The summed E-state index contributed by atoms with van der Waals surface area (Å²) in [6.45, 7) is -0.139. The fraction of sp³-hybridized carbons (Fsp3) is 0.0667. The Kier molecular flexibility index (Phi) is 5.60. The van der Waals surface area contributed by atoms with E-state index in [2.05, 4.69) is 10.5 Å². The van der Waals surface area contributed by atoms with E-state index in [0.717, 1.165) is 0 Å². The van der Waals surface area contributed by atoms with E-state index in [4.69, 9.17) is 20.8 Å².